The first-order valence-electron chi connectivity index (χ1n) is 8.18. The van der Waals surface area contributed by atoms with Crippen LogP contribution in [0.4, 0.5) is 8.78 Å². The molecule has 6 heteroatoms. The lowest BCUT2D eigenvalue weighted by molar-refractivity contribution is 0.0165. The van der Waals surface area contributed by atoms with Crippen LogP contribution >= 0.6 is 0 Å². The molecule has 1 heterocycles. The number of β-amino-alcohol motifs (C(OH)–C–C–N with tert-alkyl or cyclic N) is 2. The largest absolute Gasteiger partial charge is 0.392 e. The van der Waals surface area contributed by atoms with Gasteiger partial charge < -0.3 is 10.2 Å². The predicted octanol–water partition coefficient (Wildman–Crippen LogP) is 1.78. The second kappa shape index (κ2) is 8.15. The first-order chi connectivity index (χ1) is 10.9. The number of hydrogen-bond donors (Lipinski definition) is 2. The van der Waals surface area contributed by atoms with Gasteiger partial charge in [0.1, 0.15) is 11.6 Å². The quantitative estimate of drug-likeness (QED) is 0.836. The standard InChI is InChI=1S/C17H26F2N2O2/c1-3-14-10-20(6-7-21(14)9-12(2)22)11-17(23)15-5-4-13(18)8-16(15)19/h4-5,8,12,14,17,22-23H,3,6-7,9-11H2,1-2H3. The molecule has 0 saturated carbocycles. The summed E-state index contributed by atoms with van der Waals surface area (Å²) in [7, 11) is 0. The summed E-state index contributed by atoms with van der Waals surface area (Å²) in [6.07, 6.45) is -0.393. The average Bonchev–Trinajstić information content (AvgIpc) is 2.48. The van der Waals surface area contributed by atoms with Crippen LogP contribution in [-0.4, -0.2) is 64.9 Å². The third-order valence-electron chi connectivity index (χ3n) is 4.41. The molecule has 1 aromatic carbocycles. The van der Waals surface area contributed by atoms with Crippen molar-refractivity contribution in [2.45, 2.75) is 38.5 Å². The topological polar surface area (TPSA) is 46.9 Å². The Bertz CT molecular complexity index is 513. The maximum Gasteiger partial charge on any atom is 0.131 e. The molecule has 4 nitrogen and oxygen atoms in total. The normalized spacial score (nSPS) is 23.0. The monoisotopic (exact) mass is 328 g/mol. The fourth-order valence-corrected chi connectivity index (χ4v) is 3.20. The van der Waals surface area contributed by atoms with Crippen molar-refractivity contribution in [3.8, 4) is 0 Å². The van der Waals surface area contributed by atoms with Crippen LogP contribution in [0.15, 0.2) is 18.2 Å². The van der Waals surface area contributed by atoms with E-state index in [2.05, 4.69) is 16.7 Å². The van der Waals surface area contributed by atoms with E-state index in [1.165, 1.54) is 6.07 Å². The van der Waals surface area contributed by atoms with Gasteiger partial charge in [-0.15, -0.1) is 0 Å². The zero-order valence-electron chi connectivity index (χ0n) is 13.8. The molecule has 1 aliphatic heterocycles. The molecule has 1 fully saturated rings. The van der Waals surface area contributed by atoms with E-state index < -0.39 is 17.7 Å². The minimum Gasteiger partial charge on any atom is -0.392 e. The van der Waals surface area contributed by atoms with Crippen LogP contribution < -0.4 is 0 Å². The summed E-state index contributed by atoms with van der Waals surface area (Å²) in [6, 6.07) is 3.57. The van der Waals surface area contributed by atoms with Crippen LogP contribution in [0.25, 0.3) is 0 Å². The third-order valence-corrected chi connectivity index (χ3v) is 4.41. The Morgan fingerprint density at radius 1 is 1.22 bits per heavy atom. The van der Waals surface area contributed by atoms with Gasteiger partial charge >= 0.3 is 0 Å². The van der Waals surface area contributed by atoms with Gasteiger partial charge in [-0.1, -0.05) is 13.0 Å². The zero-order chi connectivity index (χ0) is 17.0. The molecule has 130 valence electrons. The molecule has 0 amide bonds. The van der Waals surface area contributed by atoms with Gasteiger partial charge in [0.05, 0.1) is 12.2 Å². The van der Waals surface area contributed by atoms with Gasteiger partial charge in [0.15, 0.2) is 0 Å². The summed E-state index contributed by atoms with van der Waals surface area (Å²) < 4.78 is 26.7. The lowest BCUT2D eigenvalue weighted by Gasteiger charge is -2.42. The number of hydrogen-bond acceptors (Lipinski definition) is 4. The van der Waals surface area contributed by atoms with Crippen molar-refractivity contribution in [1.29, 1.82) is 0 Å². The molecule has 2 N–H and O–H groups in total. The maximum absolute atomic E-state index is 13.7. The Kier molecular flexibility index (Phi) is 6.47. The maximum atomic E-state index is 13.7. The van der Waals surface area contributed by atoms with E-state index in [4.69, 9.17) is 0 Å². The lowest BCUT2D eigenvalue weighted by atomic mass is 10.1. The second-order valence-electron chi connectivity index (χ2n) is 6.35. The Morgan fingerprint density at radius 2 is 1.96 bits per heavy atom. The number of rotatable bonds is 6. The fourth-order valence-electron chi connectivity index (χ4n) is 3.20. The molecule has 0 bridgehead atoms. The van der Waals surface area contributed by atoms with Crippen LogP contribution in [0.5, 0.6) is 0 Å². The highest BCUT2D eigenvalue weighted by atomic mass is 19.1. The van der Waals surface area contributed by atoms with Crippen molar-refractivity contribution in [2.75, 3.05) is 32.7 Å². The lowest BCUT2D eigenvalue weighted by Crippen LogP contribution is -2.55. The SMILES string of the molecule is CCC1CN(CC(O)c2ccc(F)cc2F)CCN1CC(C)O. The molecule has 0 aromatic heterocycles. The molecule has 1 saturated heterocycles. The summed E-state index contributed by atoms with van der Waals surface area (Å²) in [4.78, 5) is 4.35. The number of aliphatic hydroxyl groups excluding tert-OH is 2. The summed E-state index contributed by atoms with van der Waals surface area (Å²) in [5.41, 5.74) is 0.130. The highest BCUT2D eigenvalue weighted by Crippen LogP contribution is 2.21. The number of halogens is 2. The van der Waals surface area contributed by atoms with Gasteiger partial charge in [0.25, 0.3) is 0 Å². The summed E-state index contributed by atoms with van der Waals surface area (Å²) in [5, 5.41) is 19.8. The highest BCUT2D eigenvalue weighted by molar-refractivity contribution is 5.21. The zero-order valence-corrected chi connectivity index (χ0v) is 13.8. The van der Waals surface area contributed by atoms with Crippen LogP contribution in [-0.2, 0) is 0 Å². The van der Waals surface area contributed by atoms with Crippen molar-refractivity contribution in [3.05, 3.63) is 35.4 Å². The molecule has 1 aliphatic rings. The minimum absolute atomic E-state index is 0.130. The molecule has 0 aliphatic carbocycles. The van der Waals surface area contributed by atoms with Crippen molar-refractivity contribution in [3.63, 3.8) is 0 Å². The fraction of sp³-hybridized carbons (Fsp3) is 0.647. The molecule has 0 spiro atoms. The first kappa shape index (κ1) is 18.3. The second-order valence-corrected chi connectivity index (χ2v) is 6.35. The minimum atomic E-state index is -0.976. The number of aliphatic hydroxyl groups is 2. The van der Waals surface area contributed by atoms with Gasteiger partial charge in [-0.2, -0.15) is 0 Å². The van der Waals surface area contributed by atoms with Gasteiger partial charge in [-0.3, -0.25) is 9.80 Å². The van der Waals surface area contributed by atoms with Crippen LogP contribution in [0.3, 0.4) is 0 Å². The molecule has 3 atom stereocenters. The van der Waals surface area contributed by atoms with Crippen LogP contribution in [0.1, 0.15) is 31.9 Å². The van der Waals surface area contributed by atoms with Gasteiger partial charge in [0, 0.05) is 50.4 Å². The summed E-state index contributed by atoms with van der Waals surface area (Å²) >= 11 is 0. The first-order valence-corrected chi connectivity index (χ1v) is 8.18. The van der Waals surface area contributed by atoms with E-state index in [0.29, 0.717) is 19.1 Å². The van der Waals surface area contributed by atoms with Crippen LogP contribution in [0, 0.1) is 11.6 Å². The summed E-state index contributed by atoms with van der Waals surface area (Å²) in [5.74, 6) is -1.35. The van der Waals surface area contributed by atoms with E-state index in [-0.39, 0.29) is 11.7 Å². The van der Waals surface area contributed by atoms with Gasteiger partial charge in [0.2, 0.25) is 0 Å². The molecule has 1 aromatic rings. The van der Waals surface area contributed by atoms with E-state index >= 15 is 0 Å². The highest BCUT2D eigenvalue weighted by Gasteiger charge is 2.28. The van der Waals surface area contributed by atoms with E-state index in [1.54, 1.807) is 6.92 Å². The number of benzene rings is 1. The Hall–Kier alpha value is -1.08. The van der Waals surface area contributed by atoms with E-state index in [0.717, 1.165) is 38.2 Å². The third kappa shape index (κ3) is 4.94. The predicted molar refractivity (Wildman–Crippen MR) is 85.1 cm³/mol. The molecule has 2 rings (SSSR count). The van der Waals surface area contributed by atoms with Crippen molar-refractivity contribution < 1.29 is 19.0 Å². The number of piperazine rings is 1. The Labute approximate surface area is 136 Å². The molecule has 0 radical (unpaired) electrons. The van der Waals surface area contributed by atoms with Crippen molar-refractivity contribution in [2.24, 2.45) is 0 Å². The Morgan fingerprint density at radius 3 is 2.57 bits per heavy atom. The average molecular weight is 328 g/mol. The van der Waals surface area contributed by atoms with Crippen molar-refractivity contribution in [1.82, 2.24) is 9.80 Å². The molecule has 23 heavy (non-hydrogen) atoms. The van der Waals surface area contributed by atoms with Gasteiger partial charge in [-0.25, -0.2) is 8.78 Å². The smallest absolute Gasteiger partial charge is 0.131 e. The molecule has 3 unspecified atom stereocenters. The van der Waals surface area contributed by atoms with Crippen LogP contribution in [0.2, 0.25) is 0 Å². The molecular formula is C17H26F2N2O2. The van der Waals surface area contributed by atoms with E-state index in [1.807, 2.05) is 0 Å². The van der Waals surface area contributed by atoms with Crippen molar-refractivity contribution >= 4 is 0 Å². The number of nitrogens with zero attached hydrogens (tertiary/aromatic N) is 2. The van der Waals surface area contributed by atoms with E-state index in [9.17, 15) is 19.0 Å². The van der Waals surface area contributed by atoms with Gasteiger partial charge in [-0.05, 0) is 19.4 Å². The molecular weight excluding hydrogens is 302 g/mol. The summed E-state index contributed by atoms with van der Waals surface area (Å²) in [6.45, 7) is 7.16. The Balaban J connectivity index is 1.95.